The van der Waals surface area contributed by atoms with Gasteiger partial charge in [-0.25, -0.2) is 0 Å². The molecule has 0 atom stereocenters. The van der Waals surface area contributed by atoms with Crippen LogP contribution in [0, 0.1) is 5.92 Å². The summed E-state index contributed by atoms with van der Waals surface area (Å²) in [5.74, 6) is -0.332. The second kappa shape index (κ2) is 2.46. The summed E-state index contributed by atoms with van der Waals surface area (Å²) in [5, 5.41) is 0. The molecule has 0 saturated heterocycles. The molecule has 5 heteroatoms. The van der Waals surface area contributed by atoms with Crippen LogP contribution in [0.1, 0.15) is 12.8 Å². The Hall–Kier alpha value is -0.180. The minimum absolute atomic E-state index is 0.0485. The van der Waals surface area contributed by atoms with Crippen molar-refractivity contribution >= 4 is 13.4 Å². The first kappa shape index (κ1) is 7.92. The van der Waals surface area contributed by atoms with Gasteiger partial charge in [0.1, 0.15) is 11.9 Å². The number of carbonyl (C=O) groups is 1. The van der Waals surface area contributed by atoms with E-state index in [0.717, 1.165) is 12.8 Å². The molecule has 58 valence electrons. The third-order valence-electron chi connectivity index (χ3n) is 1.39. The van der Waals surface area contributed by atoms with E-state index < -0.39 is 13.8 Å². The lowest BCUT2D eigenvalue weighted by atomic mass is 10.3. The molecule has 1 saturated carbocycles. The Morgan fingerprint density at radius 1 is 1.50 bits per heavy atom. The number of carbonyl (C=O) groups excluding carboxylic acids is 1. The van der Waals surface area contributed by atoms with E-state index in [1.165, 1.54) is 0 Å². The molecule has 0 amide bonds. The largest absolute Gasteiger partial charge is 0.332 e. The standard InChI is InChI=1S/C5H9O4P/c6-5(4-1-2-4)3-10(7,8)9/h4H,1-3H2,(H2,7,8,9). The Morgan fingerprint density at radius 2 is 2.00 bits per heavy atom. The van der Waals surface area contributed by atoms with Crippen LogP contribution in [0.25, 0.3) is 0 Å². The van der Waals surface area contributed by atoms with Gasteiger partial charge in [-0.05, 0) is 12.8 Å². The third-order valence-corrected chi connectivity index (χ3v) is 2.12. The Kier molecular flexibility index (Phi) is 1.95. The van der Waals surface area contributed by atoms with Crippen molar-refractivity contribution in [3.05, 3.63) is 0 Å². The molecule has 0 aromatic heterocycles. The van der Waals surface area contributed by atoms with Gasteiger partial charge in [0, 0.05) is 5.92 Å². The second-order valence-electron chi connectivity index (χ2n) is 2.56. The van der Waals surface area contributed by atoms with Crippen molar-refractivity contribution in [1.82, 2.24) is 0 Å². The molecule has 0 aromatic carbocycles. The van der Waals surface area contributed by atoms with Crippen LogP contribution in [-0.2, 0) is 9.36 Å². The zero-order chi connectivity index (χ0) is 7.78. The summed E-state index contributed by atoms with van der Waals surface area (Å²) in [7, 11) is -4.09. The summed E-state index contributed by atoms with van der Waals surface area (Å²) in [6, 6.07) is 0. The Labute approximate surface area is 58.4 Å². The van der Waals surface area contributed by atoms with Crippen molar-refractivity contribution in [3.8, 4) is 0 Å². The number of hydrogen-bond acceptors (Lipinski definition) is 2. The highest BCUT2D eigenvalue weighted by Crippen LogP contribution is 2.39. The SMILES string of the molecule is O=C(CP(=O)(O)O)C1CC1. The van der Waals surface area contributed by atoms with Gasteiger partial charge in [-0.1, -0.05) is 0 Å². The van der Waals surface area contributed by atoms with Crippen molar-refractivity contribution in [3.63, 3.8) is 0 Å². The highest BCUT2D eigenvalue weighted by atomic mass is 31.2. The molecule has 0 aliphatic heterocycles. The van der Waals surface area contributed by atoms with Crippen LogP contribution in [0.5, 0.6) is 0 Å². The lowest BCUT2D eigenvalue weighted by molar-refractivity contribution is -0.118. The van der Waals surface area contributed by atoms with E-state index in [2.05, 4.69) is 0 Å². The minimum Gasteiger partial charge on any atom is -0.324 e. The van der Waals surface area contributed by atoms with Crippen molar-refractivity contribution in [2.45, 2.75) is 12.8 Å². The molecule has 10 heavy (non-hydrogen) atoms. The van der Waals surface area contributed by atoms with Gasteiger partial charge in [-0.3, -0.25) is 9.36 Å². The molecule has 1 rings (SSSR count). The van der Waals surface area contributed by atoms with Crippen molar-refractivity contribution < 1.29 is 19.1 Å². The predicted molar refractivity (Wildman–Crippen MR) is 34.6 cm³/mol. The zero-order valence-corrected chi connectivity index (χ0v) is 6.25. The fraction of sp³-hybridized carbons (Fsp3) is 0.800. The van der Waals surface area contributed by atoms with Crippen LogP contribution in [0.4, 0.5) is 0 Å². The molecule has 2 N–H and O–H groups in total. The molecule has 0 radical (unpaired) electrons. The Morgan fingerprint density at radius 3 is 2.30 bits per heavy atom. The van der Waals surface area contributed by atoms with Crippen molar-refractivity contribution in [2.24, 2.45) is 5.92 Å². The van der Waals surface area contributed by atoms with Crippen LogP contribution in [0.15, 0.2) is 0 Å². The van der Waals surface area contributed by atoms with Gasteiger partial charge >= 0.3 is 7.60 Å². The quantitative estimate of drug-likeness (QED) is 0.582. The molecule has 0 bridgehead atoms. The summed E-state index contributed by atoms with van der Waals surface area (Å²) in [6.07, 6.45) is 1.04. The van der Waals surface area contributed by atoms with Crippen LogP contribution in [0.2, 0.25) is 0 Å². The molecule has 1 aliphatic rings. The molecule has 0 aromatic rings. The number of hydrogen-bond donors (Lipinski definition) is 2. The lowest BCUT2D eigenvalue weighted by Crippen LogP contribution is -2.06. The zero-order valence-electron chi connectivity index (χ0n) is 5.36. The highest BCUT2D eigenvalue weighted by Gasteiger charge is 2.33. The molecule has 4 nitrogen and oxygen atoms in total. The molecular weight excluding hydrogens is 155 g/mol. The first-order chi connectivity index (χ1) is 4.49. The van der Waals surface area contributed by atoms with E-state index in [0.29, 0.717) is 0 Å². The lowest BCUT2D eigenvalue weighted by Gasteiger charge is -1.99. The summed E-state index contributed by atoms with van der Waals surface area (Å²) in [4.78, 5) is 27.4. The first-order valence-electron chi connectivity index (χ1n) is 3.06. The summed E-state index contributed by atoms with van der Waals surface area (Å²) < 4.78 is 10.2. The van der Waals surface area contributed by atoms with Gasteiger partial charge in [0.15, 0.2) is 0 Å². The number of ketones is 1. The number of Topliss-reactive ketones (excluding diaryl/α,β-unsaturated/α-hetero) is 1. The van der Waals surface area contributed by atoms with E-state index in [4.69, 9.17) is 9.79 Å². The van der Waals surface area contributed by atoms with E-state index >= 15 is 0 Å². The molecule has 0 unspecified atom stereocenters. The van der Waals surface area contributed by atoms with Gasteiger partial charge in [-0.15, -0.1) is 0 Å². The average Bonchev–Trinajstić information content (AvgIpc) is 2.35. The van der Waals surface area contributed by atoms with Crippen molar-refractivity contribution in [2.75, 3.05) is 6.16 Å². The van der Waals surface area contributed by atoms with Gasteiger partial charge in [-0.2, -0.15) is 0 Å². The smallest absolute Gasteiger partial charge is 0.324 e. The van der Waals surface area contributed by atoms with E-state index in [9.17, 15) is 9.36 Å². The maximum atomic E-state index is 10.7. The van der Waals surface area contributed by atoms with Gasteiger partial charge in [0.05, 0.1) is 0 Å². The van der Waals surface area contributed by atoms with E-state index in [1.54, 1.807) is 0 Å². The fourth-order valence-electron chi connectivity index (χ4n) is 0.737. The third kappa shape index (κ3) is 2.60. The predicted octanol–water partition coefficient (Wildman–Crippen LogP) is 0.143. The normalized spacial score (nSPS) is 19.0. The van der Waals surface area contributed by atoms with Crippen LogP contribution >= 0.6 is 7.60 Å². The maximum Gasteiger partial charge on any atom is 0.332 e. The first-order valence-corrected chi connectivity index (χ1v) is 4.86. The van der Waals surface area contributed by atoms with Crippen LogP contribution < -0.4 is 0 Å². The molecule has 1 aliphatic carbocycles. The molecular formula is C5H9O4P. The molecule has 0 heterocycles. The Balaban J connectivity index is 2.37. The minimum atomic E-state index is -4.09. The van der Waals surface area contributed by atoms with Gasteiger partial charge < -0.3 is 9.79 Å². The van der Waals surface area contributed by atoms with E-state index in [-0.39, 0.29) is 11.7 Å². The van der Waals surface area contributed by atoms with Crippen LogP contribution in [0.3, 0.4) is 0 Å². The van der Waals surface area contributed by atoms with Crippen molar-refractivity contribution in [1.29, 1.82) is 0 Å². The molecule has 0 spiro atoms. The average molecular weight is 164 g/mol. The fourth-order valence-corrected chi connectivity index (χ4v) is 1.40. The summed E-state index contributed by atoms with van der Waals surface area (Å²) in [6.45, 7) is 0. The highest BCUT2D eigenvalue weighted by molar-refractivity contribution is 7.52. The van der Waals surface area contributed by atoms with Gasteiger partial charge in [0.2, 0.25) is 0 Å². The summed E-state index contributed by atoms with van der Waals surface area (Å²) >= 11 is 0. The van der Waals surface area contributed by atoms with E-state index in [1.807, 2.05) is 0 Å². The Bertz CT molecular complexity index is 190. The monoisotopic (exact) mass is 164 g/mol. The number of rotatable bonds is 3. The molecule has 1 fully saturated rings. The summed E-state index contributed by atoms with van der Waals surface area (Å²) in [5.41, 5.74) is 0. The second-order valence-corrected chi connectivity index (χ2v) is 4.21. The maximum absolute atomic E-state index is 10.7. The topological polar surface area (TPSA) is 74.6 Å². The van der Waals surface area contributed by atoms with Crippen LogP contribution in [-0.4, -0.2) is 21.7 Å². The van der Waals surface area contributed by atoms with Gasteiger partial charge in [0.25, 0.3) is 0 Å².